The van der Waals surface area contributed by atoms with Crippen LogP contribution in [0.1, 0.15) is 35.6 Å². The van der Waals surface area contributed by atoms with Crippen LogP contribution in [0.2, 0.25) is 0 Å². The van der Waals surface area contributed by atoms with E-state index in [-0.39, 0.29) is 17.6 Å². The maximum Gasteiger partial charge on any atom is 0.283 e. The zero-order chi connectivity index (χ0) is 21.8. The molecule has 0 radical (unpaired) electrons. The average Bonchev–Trinajstić information content (AvgIpc) is 3.53. The summed E-state index contributed by atoms with van der Waals surface area (Å²) in [6.07, 6.45) is -2.45. The van der Waals surface area contributed by atoms with Gasteiger partial charge in [0.25, 0.3) is 12.4 Å². The van der Waals surface area contributed by atoms with Crippen molar-refractivity contribution < 1.29 is 22.6 Å². The number of nitriles is 1. The third-order valence-corrected chi connectivity index (χ3v) is 6.12. The minimum absolute atomic E-state index is 0.186. The van der Waals surface area contributed by atoms with Crippen LogP contribution in [0.5, 0.6) is 5.75 Å². The summed E-state index contributed by atoms with van der Waals surface area (Å²) >= 11 is 0. The number of nitrogens with two attached hydrogens (primary N) is 1. The first-order valence-corrected chi connectivity index (χ1v) is 9.96. The number of aliphatic imine (C=N–C) groups is 1. The van der Waals surface area contributed by atoms with Crippen LogP contribution in [-0.4, -0.2) is 25.2 Å². The molecule has 6 nitrogen and oxygen atoms in total. The molecule has 1 aliphatic carbocycles. The van der Waals surface area contributed by atoms with Crippen molar-refractivity contribution in [3.8, 4) is 11.8 Å². The average molecular weight is 428 g/mol. The molecule has 0 amide bonds. The van der Waals surface area contributed by atoms with Crippen molar-refractivity contribution in [2.45, 2.75) is 37.0 Å². The third-order valence-electron chi connectivity index (χ3n) is 6.12. The van der Waals surface area contributed by atoms with Gasteiger partial charge in [0.15, 0.2) is 5.54 Å². The Labute approximate surface area is 176 Å². The Hall–Kier alpha value is -3.41. The van der Waals surface area contributed by atoms with E-state index in [0.29, 0.717) is 36.4 Å². The number of nitrogens with one attached hydrogen (secondary N) is 1. The van der Waals surface area contributed by atoms with Crippen molar-refractivity contribution in [3.63, 3.8) is 0 Å². The van der Waals surface area contributed by atoms with Gasteiger partial charge in [0.1, 0.15) is 17.7 Å². The van der Waals surface area contributed by atoms with Crippen molar-refractivity contribution in [1.82, 2.24) is 0 Å². The number of benzene rings is 2. The molecule has 3 N–H and O–H groups in total. The number of fused-ring (bicyclic) bond motifs is 2. The summed E-state index contributed by atoms with van der Waals surface area (Å²) in [7, 11) is 0. The van der Waals surface area contributed by atoms with Crippen molar-refractivity contribution in [2.24, 2.45) is 16.6 Å². The molecular weight excluding hydrogens is 409 g/mol. The van der Waals surface area contributed by atoms with E-state index < -0.39 is 29.8 Å². The van der Waals surface area contributed by atoms with E-state index in [0.717, 1.165) is 5.56 Å². The summed E-state index contributed by atoms with van der Waals surface area (Å²) in [6.45, 7) is 0.427. The van der Waals surface area contributed by atoms with E-state index in [2.05, 4.69) is 16.4 Å². The summed E-state index contributed by atoms with van der Waals surface area (Å²) in [6, 6.07) is 10.8. The number of halogens is 3. The SMILES string of the molecule is N#Cc1ccc2c(c1)OCCC2Nc1ccc(F)c([C@@]2(C(F)F)N=C(N)O[C@@H]3C[C@@H]32)c1. The molecule has 9 heteroatoms. The van der Waals surface area contributed by atoms with E-state index in [1.165, 1.54) is 18.2 Å². The minimum atomic E-state index is -2.94. The van der Waals surface area contributed by atoms with Gasteiger partial charge in [-0.2, -0.15) is 5.26 Å². The van der Waals surface area contributed by atoms with Crippen molar-refractivity contribution in [1.29, 1.82) is 5.26 Å². The summed E-state index contributed by atoms with van der Waals surface area (Å²) in [5.41, 5.74) is 5.18. The van der Waals surface area contributed by atoms with Crippen molar-refractivity contribution in [3.05, 3.63) is 58.9 Å². The smallest absolute Gasteiger partial charge is 0.283 e. The topological polar surface area (TPSA) is 92.7 Å². The standard InChI is InChI=1S/C22H19F3N4O2/c23-16-4-2-12(28-17-5-6-30-18-7-11(10-26)1-3-13(17)18)8-14(16)22(20(24)25)15-9-19(15)31-21(27)29-22/h1-4,7-8,15,17,19-20,28H,5-6,9H2,(H2,27,29)/t15-,17?,19+,22+/m0/s1. The maximum atomic E-state index is 14.8. The van der Waals surface area contributed by atoms with E-state index in [4.69, 9.17) is 20.5 Å². The maximum absolute atomic E-state index is 14.8. The van der Waals surface area contributed by atoms with Crippen LogP contribution in [0.3, 0.4) is 0 Å². The molecule has 2 aliphatic heterocycles. The minimum Gasteiger partial charge on any atom is -0.493 e. The molecule has 0 aromatic heterocycles. The van der Waals surface area contributed by atoms with Crippen molar-refractivity contribution >= 4 is 11.7 Å². The monoisotopic (exact) mass is 428 g/mol. The lowest BCUT2D eigenvalue weighted by molar-refractivity contribution is 0.0177. The van der Waals surface area contributed by atoms with Gasteiger partial charge in [-0.1, -0.05) is 6.07 Å². The lowest BCUT2D eigenvalue weighted by Crippen LogP contribution is -2.43. The Morgan fingerprint density at radius 3 is 2.87 bits per heavy atom. The number of rotatable bonds is 4. The Bertz CT molecular complexity index is 1120. The summed E-state index contributed by atoms with van der Waals surface area (Å²) in [4.78, 5) is 3.91. The first kappa shape index (κ1) is 19.5. The van der Waals surface area contributed by atoms with E-state index in [1.54, 1.807) is 18.2 Å². The van der Waals surface area contributed by atoms with Crippen LogP contribution < -0.4 is 15.8 Å². The summed E-state index contributed by atoms with van der Waals surface area (Å²) < 4.78 is 54.3. The molecule has 0 saturated heterocycles. The van der Waals surface area contributed by atoms with Crippen LogP contribution in [0.25, 0.3) is 0 Å². The second-order valence-electron chi connectivity index (χ2n) is 7.97. The molecule has 4 atom stereocenters. The fourth-order valence-electron chi connectivity index (χ4n) is 4.53. The first-order valence-electron chi connectivity index (χ1n) is 9.96. The molecule has 160 valence electrons. The number of hydrogen-bond acceptors (Lipinski definition) is 6. The van der Waals surface area contributed by atoms with Gasteiger partial charge >= 0.3 is 0 Å². The molecule has 0 bridgehead atoms. The molecule has 2 heterocycles. The van der Waals surface area contributed by atoms with Gasteiger partial charge in [-0.3, -0.25) is 0 Å². The quantitative estimate of drug-likeness (QED) is 0.772. The highest BCUT2D eigenvalue weighted by Gasteiger charge is 2.64. The normalized spacial score (nSPS) is 28.4. The van der Waals surface area contributed by atoms with Crippen LogP contribution in [-0.2, 0) is 10.3 Å². The Kier molecular flexibility index (Phi) is 4.46. The number of ether oxygens (including phenoxy) is 2. The lowest BCUT2D eigenvalue weighted by Gasteiger charge is -2.34. The van der Waals surface area contributed by atoms with E-state index in [9.17, 15) is 13.2 Å². The van der Waals surface area contributed by atoms with Crippen molar-refractivity contribution in [2.75, 3.05) is 11.9 Å². The van der Waals surface area contributed by atoms with E-state index in [1.807, 2.05) is 0 Å². The Morgan fingerprint density at radius 1 is 1.26 bits per heavy atom. The first-order chi connectivity index (χ1) is 14.9. The van der Waals surface area contributed by atoms with Gasteiger partial charge in [-0.15, -0.1) is 0 Å². The van der Waals surface area contributed by atoms with Gasteiger partial charge in [-0.05, 0) is 36.8 Å². The van der Waals surface area contributed by atoms with Gasteiger partial charge in [0.05, 0.1) is 24.3 Å². The number of alkyl halides is 2. The molecule has 0 spiro atoms. The number of anilines is 1. The fraction of sp³-hybridized carbons (Fsp3) is 0.364. The third kappa shape index (κ3) is 3.14. The van der Waals surface area contributed by atoms with Crippen LogP contribution >= 0.6 is 0 Å². The molecular formula is C22H19F3N4O2. The van der Waals surface area contributed by atoms with Crippen LogP contribution in [0.15, 0.2) is 41.4 Å². The highest BCUT2D eigenvalue weighted by Crippen LogP contribution is 2.56. The highest BCUT2D eigenvalue weighted by molar-refractivity contribution is 5.74. The second kappa shape index (κ2) is 7.08. The fourth-order valence-corrected chi connectivity index (χ4v) is 4.53. The molecule has 1 saturated carbocycles. The van der Waals surface area contributed by atoms with Crippen LogP contribution in [0, 0.1) is 23.1 Å². The highest BCUT2D eigenvalue weighted by atomic mass is 19.3. The van der Waals surface area contributed by atoms with Gasteiger partial charge in [-0.25, -0.2) is 18.2 Å². The zero-order valence-electron chi connectivity index (χ0n) is 16.3. The van der Waals surface area contributed by atoms with Gasteiger partial charge in [0, 0.05) is 29.2 Å². The molecule has 2 aromatic carbocycles. The zero-order valence-corrected chi connectivity index (χ0v) is 16.3. The number of amidine groups is 1. The summed E-state index contributed by atoms with van der Waals surface area (Å²) in [5, 5.41) is 12.4. The molecule has 5 rings (SSSR count). The summed E-state index contributed by atoms with van der Waals surface area (Å²) in [5.74, 6) is -0.796. The Balaban J connectivity index is 1.51. The molecule has 3 aliphatic rings. The van der Waals surface area contributed by atoms with Gasteiger partial charge < -0.3 is 20.5 Å². The second-order valence-corrected chi connectivity index (χ2v) is 7.97. The molecule has 1 unspecified atom stereocenters. The number of hydrogen-bond donors (Lipinski definition) is 2. The van der Waals surface area contributed by atoms with E-state index >= 15 is 0 Å². The predicted octanol–water partition coefficient (Wildman–Crippen LogP) is 3.83. The van der Waals surface area contributed by atoms with Gasteiger partial charge in [0.2, 0.25) is 0 Å². The van der Waals surface area contributed by atoms with Crippen LogP contribution in [0.4, 0.5) is 18.9 Å². The molecule has 1 fully saturated rings. The molecule has 31 heavy (non-hydrogen) atoms. The predicted molar refractivity (Wildman–Crippen MR) is 106 cm³/mol. The molecule has 2 aromatic rings. The lowest BCUT2D eigenvalue weighted by atomic mass is 9.84. The Morgan fingerprint density at radius 2 is 2.10 bits per heavy atom. The number of nitrogens with zero attached hydrogens (tertiary/aromatic N) is 2. The largest absolute Gasteiger partial charge is 0.493 e.